The molecule has 0 heterocycles. The zero-order chi connectivity index (χ0) is 54.3. The molecule has 0 bridgehead atoms. The van der Waals surface area contributed by atoms with Gasteiger partial charge in [0.05, 0.1) is 0 Å². The van der Waals surface area contributed by atoms with Crippen LogP contribution in [0.2, 0.25) is 0 Å². The summed E-state index contributed by atoms with van der Waals surface area (Å²) in [5.41, 5.74) is 0. The molecule has 0 amide bonds. The fraction of sp³-hybridized carbons (Fsp3) is 0.754. The van der Waals surface area contributed by atoms with Crippen molar-refractivity contribution in [2.75, 3.05) is 13.2 Å². The number of unbranched alkanes of at least 4 members (excludes halogenated alkanes) is 33. The summed E-state index contributed by atoms with van der Waals surface area (Å²) in [6, 6.07) is 0. The molecule has 75 heavy (non-hydrogen) atoms. The van der Waals surface area contributed by atoms with Crippen LogP contribution in [0.3, 0.4) is 0 Å². The number of hydrogen-bond donors (Lipinski definition) is 0. The molecule has 6 heteroatoms. The molecule has 0 N–H and O–H groups in total. The fourth-order valence-electron chi connectivity index (χ4n) is 9.13. The van der Waals surface area contributed by atoms with Crippen molar-refractivity contribution >= 4 is 17.9 Å². The Morgan fingerprint density at radius 2 is 0.520 bits per heavy atom. The van der Waals surface area contributed by atoms with Crippen LogP contribution in [0.15, 0.2) is 85.1 Å². The van der Waals surface area contributed by atoms with Gasteiger partial charge in [-0.25, -0.2) is 0 Å². The van der Waals surface area contributed by atoms with Crippen molar-refractivity contribution in [1.29, 1.82) is 0 Å². The maximum Gasteiger partial charge on any atom is 0.306 e. The molecule has 0 rings (SSSR count). The van der Waals surface area contributed by atoms with Gasteiger partial charge in [-0.2, -0.15) is 0 Å². The maximum atomic E-state index is 12.8. The van der Waals surface area contributed by atoms with Crippen LogP contribution in [0.4, 0.5) is 0 Å². The third-order valence-electron chi connectivity index (χ3n) is 13.9. The van der Waals surface area contributed by atoms with Gasteiger partial charge >= 0.3 is 17.9 Å². The number of carbonyl (C=O) groups is 3. The highest BCUT2D eigenvalue weighted by atomic mass is 16.6. The Labute approximate surface area is 465 Å². The van der Waals surface area contributed by atoms with E-state index in [0.29, 0.717) is 19.3 Å². The Morgan fingerprint density at radius 3 is 0.813 bits per heavy atom. The van der Waals surface area contributed by atoms with Gasteiger partial charge in [0, 0.05) is 19.3 Å². The van der Waals surface area contributed by atoms with E-state index >= 15 is 0 Å². The van der Waals surface area contributed by atoms with Gasteiger partial charge in [0.25, 0.3) is 0 Å². The second kappa shape index (κ2) is 63.1. The minimum absolute atomic E-state index is 0.0707. The third kappa shape index (κ3) is 61.3. The van der Waals surface area contributed by atoms with Crippen LogP contribution < -0.4 is 0 Å². The molecule has 0 aliphatic carbocycles. The van der Waals surface area contributed by atoms with Crippen molar-refractivity contribution in [3.05, 3.63) is 85.1 Å². The predicted molar refractivity (Wildman–Crippen MR) is 325 cm³/mol. The molecule has 0 aliphatic heterocycles. The molecule has 0 saturated carbocycles. The van der Waals surface area contributed by atoms with E-state index in [-0.39, 0.29) is 31.1 Å². The molecule has 432 valence electrons. The number of esters is 3. The van der Waals surface area contributed by atoms with Crippen molar-refractivity contribution in [1.82, 2.24) is 0 Å². The molecule has 0 fully saturated rings. The number of rotatable bonds is 58. The Hall–Kier alpha value is -3.41. The topological polar surface area (TPSA) is 78.9 Å². The molecule has 6 nitrogen and oxygen atoms in total. The van der Waals surface area contributed by atoms with Crippen molar-refractivity contribution in [3.63, 3.8) is 0 Å². The zero-order valence-corrected chi connectivity index (χ0v) is 49.6. The summed E-state index contributed by atoms with van der Waals surface area (Å²) >= 11 is 0. The van der Waals surface area contributed by atoms with Crippen molar-refractivity contribution in [2.45, 2.75) is 322 Å². The van der Waals surface area contributed by atoms with Gasteiger partial charge < -0.3 is 14.2 Å². The Morgan fingerprint density at radius 1 is 0.280 bits per heavy atom. The van der Waals surface area contributed by atoms with Crippen LogP contribution in [0.1, 0.15) is 316 Å². The molecule has 0 radical (unpaired) electrons. The minimum atomic E-state index is -0.770. The number of allylic oxidation sites excluding steroid dienone is 14. The molecular weight excluding hydrogens is 925 g/mol. The highest BCUT2D eigenvalue weighted by Gasteiger charge is 2.19. The second-order valence-corrected chi connectivity index (χ2v) is 21.3. The largest absolute Gasteiger partial charge is 0.462 e. The van der Waals surface area contributed by atoms with Crippen LogP contribution in [-0.4, -0.2) is 37.2 Å². The van der Waals surface area contributed by atoms with E-state index in [9.17, 15) is 14.4 Å². The summed E-state index contributed by atoms with van der Waals surface area (Å²) in [5.74, 6) is -0.863. The molecule has 0 saturated heterocycles. The lowest BCUT2D eigenvalue weighted by Crippen LogP contribution is -2.30. The van der Waals surface area contributed by atoms with Crippen LogP contribution >= 0.6 is 0 Å². The van der Waals surface area contributed by atoms with E-state index in [1.807, 2.05) is 0 Å². The maximum absolute atomic E-state index is 12.8. The van der Waals surface area contributed by atoms with E-state index in [1.165, 1.54) is 173 Å². The van der Waals surface area contributed by atoms with Gasteiger partial charge in [-0.05, 0) is 77.0 Å². The lowest BCUT2D eigenvalue weighted by molar-refractivity contribution is -0.167. The van der Waals surface area contributed by atoms with Crippen molar-refractivity contribution in [2.24, 2.45) is 0 Å². The SMILES string of the molecule is CC/C=C\C/C=C\C/C=C\C/C=C\C/C=C\C/C=C\C/C=C\CCCCCCCCCCCCCCCC(=O)OCC(COC(=O)CCCCCCCCCC)OC(=O)CCCCCCCCCCCCCCCC. The molecule has 0 aromatic rings. The van der Waals surface area contributed by atoms with E-state index < -0.39 is 6.10 Å². The normalized spacial score (nSPS) is 12.6. The van der Waals surface area contributed by atoms with Crippen LogP contribution in [-0.2, 0) is 28.6 Å². The first kappa shape index (κ1) is 71.6. The van der Waals surface area contributed by atoms with E-state index in [4.69, 9.17) is 14.2 Å². The van der Waals surface area contributed by atoms with Gasteiger partial charge in [0.2, 0.25) is 0 Å². The summed E-state index contributed by atoms with van der Waals surface area (Å²) in [4.78, 5) is 38.0. The summed E-state index contributed by atoms with van der Waals surface area (Å²) in [6.45, 7) is 6.52. The number of hydrogen-bond acceptors (Lipinski definition) is 6. The lowest BCUT2D eigenvalue weighted by atomic mass is 10.0. The van der Waals surface area contributed by atoms with Crippen LogP contribution in [0.25, 0.3) is 0 Å². The Bertz CT molecular complexity index is 1430. The summed E-state index contributed by atoms with van der Waals surface area (Å²) in [7, 11) is 0. The van der Waals surface area contributed by atoms with Gasteiger partial charge in [0.1, 0.15) is 13.2 Å². The summed E-state index contributed by atoms with van der Waals surface area (Å²) in [6.07, 6.45) is 83.3. The van der Waals surface area contributed by atoms with Crippen molar-refractivity contribution in [3.8, 4) is 0 Å². The van der Waals surface area contributed by atoms with E-state index in [1.54, 1.807) is 0 Å². The number of ether oxygens (including phenoxy) is 3. The summed E-state index contributed by atoms with van der Waals surface area (Å²) < 4.78 is 16.8. The van der Waals surface area contributed by atoms with Crippen LogP contribution in [0.5, 0.6) is 0 Å². The molecule has 0 aliphatic rings. The monoisotopic (exact) mass is 1040 g/mol. The van der Waals surface area contributed by atoms with E-state index in [0.717, 1.165) is 103 Å². The molecule has 0 aromatic carbocycles. The fourth-order valence-corrected chi connectivity index (χ4v) is 9.13. The van der Waals surface area contributed by atoms with Gasteiger partial charge in [-0.15, -0.1) is 0 Å². The summed E-state index contributed by atoms with van der Waals surface area (Å²) in [5, 5.41) is 0. The molecule has 0 spiro atoms. The Balaban J connectivity index is 4.04. The zero-order valence-electron chi connectivity index (χ0n) is 49.6. The third-order valence-corrected chi connectivity index (χ3v) is 13.9. The highest BCUT2D eigenvalue weighted by Crippen LogP contribution is 2.17. The molecule has 1 atom stereocenters. The average Bonchev–Trinajstić information content (AvgIpc) is 3.41. The van der Waals surface area contributed by atoms with Crippen LogP contribution in [0, 0.1) is 0 Å². The van der Waals surface area contributed by atoms with Crippen molar-refractivity contribution < 1.29 is 28.6 Å². The standard InChI is InChI=1S/C69H120O6/c1-4-7-10-13-16-19-21-23-25-26-27-28-29-30-31-32-33-34-35-36-37-38-39-40-41-42-43-44-45-47-48-50-53-56-59-62-68(71)74-65-66(64-73-67(70)61-58-55-52-18-15-12-9-6-3)75-69(72)63-60-57-54-51-49-46-24-22-20-17-14-11-8-5-2/h7,10,16,19,23,25,27-28,30-31,33-34,36-37,66H,4-6,8-9,11-15,17-18,20-22,24,26,29,32,35,38-65H2,1-3H3/b10-7-,19-16-,25-23-,28-27-,31-30-,34-33-,37-36-. The predicted octanol–water partition coefficient (Wildman–Crippen LogP) is 21.9. The quantitative estimate of drug-likeness (QED) is 0.0261. The van der Waals surface area contributed by atoms with Gasteiger partial charge in [-0.1, -0.05) is 305 Å². The first-order valence-corrected chi connectivity index (χ1v) is 32.1. The number of carbonyl (C=O) groups excluding carboxylic acids is 3. The molecule has 0 aromatic heterocycles. The second-order valence-electron chi connectivity index (χ2n) is 21.3. The molecular formula is C69H120O6. The lowest BCUT2D eigenvalue weighted by Gasteiger charge is -2.18. The Kier molecular flexibility index (Phi) is 60.3. The smallest absolute Gasteiger partial charge is 0.306 e. The van der Waals surface area contributed by atoms with Gasteiger partial charge in [-0.3, -0.25) is 14.4 Å². The first-order valence-electron chi connectivity index (χ1n) is 32.1. The van der Waals surface area contributed by atoms with Gasteiger partial charge in [0.15, 0.2) is 6.10 Å². The van der Waals surface area contributed by atoms with E-state index in [2.05, 4.69) is 106 Å². The first-order chi connectivity index (χ1) is 37.0. The highest BCUT2D eigenvalue weighted by molar-refractivity contribution is 5.71. The minimum Gasteiger partial charge on any atom is -0.462 e. The molecule has 1 unspecified atom stereocenters. The average molecular weight is 1050 g/mol.